The zero-order valence-electron chi connectivity index (χ0n) is 12.9. The van der Waals surface area contributed by atoms with Crippen molar-refractivity contribution in [2.45, 2.75) is 40.0 Å². The van der Waals surface area contributed by atoms with Crippen molar-refractivity contribution in [1.82, 2.24) is 9.80 Å². The molecule has 0 aromatic heterocycles. The first-order valence-corrected chi connectivity index (χ1v) is 8.01. The lowest BCUT2D eigenvalue weighted by Gasteiger charge is -2.43. The number of nitrogens with zero attached hydrogens (tertiary/aromatic N) is 2. The van der Waals surface area contributed by atoms with Gasteiger partial charge >= 0.3 is 0 Å². The summed E-state index contributed by atoms with van der Waals surface area (Å²) >= 11 is 0. The molecule has 0 bridgehead atoms. The second-order valence-electron chi connectivity index (χ2n) is 6.99. The van der Waals surface area contributed by atoms with Crippen LogP contribution < -0.4 is 0 Å². The van der Waals surface area contributed by atoms with E-state index in [4.69, 9.17) is 0 Å². The van der Waals surface area contributed by atoms with Crippen LogP contribution >= 0.6 is 0 Å². The third-order valence-corrected chi connectivity index (χ3v) is 5.41. The molecule has 2 atom stereocenters. The highest BCUT2D eigenvalue weighted by Gasteiger charge is 2.32. The third kappa shape index (κ3) is 3.48. The standard InChI is InChI=1S/C16H32N2/c1-5-15-6-8-18(9-7-15)12-16-13(2)10-17(4)11-14(16)3/h13-16H,5-12H2,1-4H3. The SMILES string of the molecule is CCC1CCN(CC2C(C)CN(C)CC2C)CC1. The minimum Gasteiger partial charge on any atom is -0.306 e. The molecule has 0 spiro atoms. The van der Waals surface area contributed by atoms with Crippen LogP contribution in [0.3, 0.4) is 0 Å². The predicted octanol–water partition coefficient (Wildman–Crippen LogP) is 2.94. The molecule has 2 unspecified atom stereocenters. The summed E-state index contributed by atoms with van der Waals surface area (Å²) in [6, 6.07) is 0. The smallest absolute Gasteiger partial charge is 0.00157 e. The first-order chi connectivity index (χ1) is 8.60. The summed E-state index contributed by atoms with van der Waals surface area (Å²) < 4.78 is 0. The molecule has 0 radical (unpaired) electrons. The van der Waals surface area contributed by atoms with Crippen molar-refractivity contribution in [2.24, 2.45) is 23.7 Å². The van der Waals surface area contributed by atoms with E-state index in [1.54, 1.807) is 0 Å². The van der Waals surface area contributed by atoms with Crippen LogP contribution in [0.1, 0.15) is 40.0 Å². The molecule has 0 aromatic rings. The van der Waals surface area contributed by atoms with Crippen molar-refractivity contribution < 1.29 is 0 Å². The van der Waals surface area contributed by atoms with E-state index in [2.05, 4.69) is 37.6 Å². The molecular formula is C16H32N2. The van der Waals surface area contributed by atoms with Crippen LogP contribution in [0.25, 0.3) is 0 Å². The summed E-state index contributed by atoms with van der Waals surface area (Å²) in [5.74, 6) is 3.65. The summed E-state index contributed by atoms with van der Waals surface area (Å²) in [5.41, 5.74) is 0. The number of hydrogen-bond donors (Lipinski definition) is 0. The Bertz CT molecular complexity index is 233. The highest BCUT2D eigenvalue weighted by Crippen LogP contribution is 2.30. The third-order valence-electron chi connectivity index (χ3n) is 5.41. The highest BCUT2D eigenvalue weighted by molar-refractivity contribution is 4.84. The van der Waals surface area contributed by atoms with Gasteiger partial charge in [-0.3, -0.25) is 0 Å². The van der Waals surface area contributed by atoms with Crippen LogP contribution in [0.2, 0.25) is 0 Å². The van der Waals surface area contributed by atoms with E-state index in [9.17, 15) is 0 Å². The Balaban J connectivity index is 1.82. The first kappa shape index (κ1) is 14.3. The number of piperidine rings is 2. The molecule has 2 rings (SSSR count). The van der Waals surface area contributed by atoms with Crippen LogP contribution in [-0.2, 0) is 0 Å². The van der Waals surface area contributed by atoms with Crippen LogP contribution in [0.5, 0.6) is 0 Å². The molecule has 0 aliphatic carbocycles. The monoisotopic (exact) mass is 252 g/mol. The number of hydrogen-bond acceptors (Lipinski definition) is 2. The molecular weight excluding hydrogens is 220 g/mol. The second-order valence-corrected chi connectivity index (χ2v) is 6.99. The second kappa shape index (κ2) is 6.38. The molecule has 2 aliphatic heterocycles. The topological polar surface area (TPSA) is 6.48 Å². The quantitative estimate of drug-likeness (QED) is 0.762. The van der Waals surface area contributed by atoms with Crippen LogP contribution in [0.15, 0.2) is 0 Å². The van der Waals surface area contributed by atoms with Crippen molar-refractivity contribution in [2.75, 3.05) is 39.8 Å². The molecule has 2 aliphatic rings. The van der Waals surface area contributed by atoms with Crippen molar-refractivity contribution in [1.29, 1.82) is 0 Å². The van der Waals surface area contributed by atoms with Crippen molar-refractivity contribution >= 4 is 0 Å². The zero-order valence-corrected chi connectivity index (χ0v) is 12.9. The van der Waals surface area contributed by atoms with E-state index in [0.717, 1.165) is 23.7 Å². The molecule has 2 heteroatoms. The Morgan fingerprint density at radius 1 is 1.00 bits per heavy atom. The molecule has 0 saturated carbocycles. The van der Waals surface area contributed by atoms with Gasteiger partial charge in [-0.25, -0.2) is 0 Å². The van der Waals surface area contributed by atoms with Crippen molar-refractivity contribution in [3.05, 3.63) is 0 Å². The van der Waals surface area contributed by atoms with Gasteiger partial charge in [0.2, 0.25) is 0 Å². The molecule has 2 saturated heterocycles. The fraction of sp³-hybridized carbons (Fsp3) is 1.00. The normalized spacial score (nSPS) is 37.0. The van der Waals surface area contributed by atoms with Crippen LogP contribution in [0.4, 0.5) is 0 Å². The van der Waals surface area contributed by atoms with E-state index < -0.39 is 0 Å². The maximum Gasteiger partial charge on any atom is 0.00157 e. The van der Waals surface area contributed by atoms with Crippen molar-refractivity contribution in [3.63, 3.8) is 0 Å². The Hall–Kier alpha value is -0.0800. The van der Waals surface area contributed by atoms with Gasteiger partial charge in [0.15, 0.2) is 0 Å². The van der Waals surface area contributed by atoms with Gasteiger partial charge in [-0.2, -0.15) is 0 Å². The molecule has 106 valence electrons. The highest BCUT2D eigenvalue weighted by atomic mass is 15.1. The largest absolute Gasteiger partial charge is 0.306 e. The van der Waals surface area contributed by atoms with E-state index in [0.29, 0.717) is 0 Å². The minimum absolute atomic E-state index is 0.864. The van der Waals surface area contributed by atoms with Crippen LogP contribution in [-0.4, -0.2) is 49.6 Å². The maximum atomic E-state index is 2.75. The van der Waals surface area contributed by atoms with Gasteiger partial charge in [-0.15, -0.1) is 0 Å². The summed E-state index contributed by atoms with van der Waals surface area (Å²) in [6.07, 6.45) is 4.26. The predicted molar refractivity (Wildman–Crippen MR) is 78.8 cm³/mol. The summed E-state index contributed by atoms with van der Waals surface area (Å²) in [7, 11) is 2.27. The maximum absolute atomic E-state index is 2.75. The van der Waals surface area contributed by atoms with Gasteiger partial charge in [-0.05, 0) is 56.7 Å². The zero-order chi connectivity index (χ0) is 13.1. The molecule has 18 heavy (non-hydrogen) atoms. The minimum atomic E-state index is 0.864. The van der Waals surface area contributed by atoms with E-state index >= 15 is 0 Å². The van der Waals surface area contributed by atoms with E-state index in [-0.39, 0.29) is 0 Å². The molecule has 2 heterocycles. The van der Waals surface area contributed by atoms with Crippen molar-refractivity contribution in [3.8, 4) is 0 Å². The number of rotatable bonds is 3. The Morgan fingerprint density at radius 3 is 2.06 bits per heavy atom. The van der Waals surface area contributed by atoms with Crippen LogP contribution in [0, 0.1) is 23.7 Å². The molecule has 2 nitrogen and oxygen atoms in total. The molecule has 0 N–H and O–H groups in total. The van der Waals surface area contributed by atoms with Gasteiger partial charge in [0.05, 0.1) is 0 Å². The van der Waals surface area contributed by atoms with Gasteiger partial charge in [0.1, 0.15) is 0 Å². The molecule has 0 amide bonds. The lowest BCUT2D eigenvalue weighted by molar-refractivity contribution is 0.0541. The first-order valence-electron chi connectivity index (χ1n) is 8.01. The fourth-order valence-corrected chi connectivity index (χ4v) is 4.12. The van der Waals surface area contributed by atoms with Gasteiger partial charge in [0, 0.05) is 19.6 Å². The summed E-state index contributed by atoms with van der Waals surface area (Å²) in [5, 5.41) is 0. The van der Waals surface area contributed by atoms with E-state index in [1.165, 1.54) is 52.0 Å². The lowest BCUT2D eigenvalue weighted by Crippen LogP contribution is -2.48. The van der Waals surface area contributed by atoms with E-state index in [1.807, 2.05) is 0 Å². The Morgan fingerprint density at radius 2 is 1.56 bits per heavy atom. The van der Waals surface area contributed by atoms with Gasteiger partial charge in [0.25, 0.3) is 0 Å². The lowest BCUT2D eigenvalue weighted by atomic mass is 9.79. The average Bonchev–Trinajstić information content (AvgIpc) is 2.34. The Kier molecular flexibility index (Phi) is 5.08. The average molecular weight is 252 g/mol. The Labute approximate surface area is 114 Å². The van der Waals surface area contributed by atoms with Gasteiger partial charge in [-0.1, -0.05) is 27.2 Å². The molecule has 0 aromatic carbocycles. The van der Waals surface area contributed by atoms with Gasteiger partial charge < -0.3 is 9.80 Å². The summed E-state index contributed by atoms with van der Waals surface area (Å²) in [6.45, 7) is 13.9. The fourth-order valence-electron chi connectivity index (χ4n) is 4.12. The number of likely N-dealkylation sites (tertiary alicyclic amines) is 2. The summed E-state index contributed by atoms with van der Waals surface area (Å²) in [4.78, 5) is 5.25. The molecule has 2 fully saturated rings.